The Kier molecular flexibility index (Phi) is 5.42. The lowest BCUT2D eigenvalue weighted by Crippen LogP contribution is -2.18. The number of aryl methyl sites for hydroxylation is 2. The topological polar surface area (TPSA) is 53.1 Å². The van der Waals surface area contributed by atoms with Gasteiger partial charge in [0.15, 0.2) is 0 Å². The molecule has 0 aliphatic heterocycles. The summed E-state index contributed by atoms with van der Waals surface area (Å²) in [6, 6.07) is 8.21. The lowest BCUT2D eigenvalue weighted by molar-refractivity contribution is 0.292. The highest BCUT2D eigenvalue weighted by Gasteiger charge is 2.08. The third kappa shape index (κ3) is 4.32. The molecule has 1 atom stereocenters. The number of nitrogens with two attached hydrogens (primary N) is 1. The molecule has 21 heavy (non-hydrogen) atoms. The Labute approximate surface area is 134 Å². The fraction of sp³-hybridized carbons (Fsp3) is 0.438. The van der Waals surface area contributed by atoms with Crippen molar-refractivity contribution in [2.24, 2.45) is 5.73 Å². The first-order valence-electron chi connectivity index (χ1n) is 7.19. The van der Waals surface area contributed by atoms with Gasteiger partial charge in [0, 0.05) is 17.1 Å². The summed E-state index contributed by atoms with van der Waals surface area (Å²) >= 11 is 3.56. The van der Waals surface area contributed by atoms with E-state index in [1.807, 2.05) is 36.7 Å². The average molecular weight is 352 g/mol. The van der Waals surface area contributed by atoms with Crippen molar-refractivity contribution in [1.82, 2.24) is 9.78 Å². The zero-order valence-electron chi connectivity index (χ0n) is 12.8. The minimum atomic E-state index is 0.126. The summed E-state index contributed by atoms with van der Waals surface area (Å²) in [6.45, 7) is 7.45. The van der Waals surface area contributed by atoms with Gasteiger partial charge < -0.3 is 10.5 Å². The van der Waals surface area contributed by atoms with Crippen LogP contribution in [-0.4, -0.2) is 15.8 Å². The van der Waals surface area contributed by atoms with Gasteiger partial charge in [0.1, 0.15) is 12.4 Å². The molecule has 0 amide bonds. The van der Waals surface area contributed by atoms with E-state index in [1.165, 1.54) is 5.56 Å². The Balaban J connectivity index is 2.09. The fourth-order valence-corrected chi connectivity index (χ4v) is 2.70. The van der Waals surface area contributed by atoms with Crippen LogP contribution >= 0.6 is 15.9 Å². The molecule has 2 aromatic rings. The first-order valence-corrected chi connectivity index (χ1v) is 7.99. The van der Waals surface area contributed by atoms with E-state index in [1.54, 1.807) is 0 Å². The minimum Gasteiger partial charge on any atom is -0.487 e. The number of aromatic nitrogens is 2. The first-order chi connectivity index (χ1) is 9.99. The first kappa shape index (κ1) is 16.0. The second-order valence-electron chi connectivity index (χ2n) is 5.32. The summed E-state index contributed by atoms with van der Waals surface area (Å²) in [5.41, 5.74) is 9.15. The number of hydrogen-bond donors (Lipinski definition) is 1. The second kappa shape index (κ2) is 7.09. The van der Waals surface area contributed by atoms with Crippen LogP contribution in [0.4, 0.5) is 0 Å². The van der Waals surface area contributed by atoms with Crippen LogP contribution in [0, 0.1) is 6.92 Å². The predicted octanol–water partition coefficient (Wildman–Crippen LogP) is 3.44. The molecule has 2 N–H and O–H groups in total. The fourth-order valence-electron chi connectivity index (χ4n) is 2.29. The maximum atomic E-state index is 5.90. The van der Waals surface area contributed by atoms with Crippen LogP contribution in [-0.2, 0) is 19.6 Å². The highest BCUT2D eigenvalue weighted by molar-refractivity contribution is 9.10. The second-order valence-corrected chi connectivity index (χ2v) is 6.17. The van der Waals surface area contributed by atoms with Crippen molar-refractivity contribution in [3.63, 3.8) is 0 Å². The number of halogens is 1. The molecule has 0 spiro atoms. The minimum absolute atomic E-state index is 0.126. The van der Waals surface area contributed by atoms with Gasteiger partial charge in [-0.15, -0.1) is 0 Å². The van der Waals surface area contributed by atoms with Crippen LogP contribution in [0.2, 0.25) is 0 Å². The van der Waals surface area contributed by atoms with Gasteiger partial charge in [-0.3, -0.25) is 4.68 Å². The highest BCUT2D eigenvalue weighted by atomic mass is 79.9. The molecule has 1 aromatic carbocycles. The lowest BCUT2D eigenvalue weighted by atomic mass is 10.1. The average Bonchev–Trinajstić information content (AvgIpc) is 2.79. The Morgan fingerprint density at radius 2 is 2.14 bits per heavy atom. The summed E-state index contributed by atoms with van der Waals surface area (Å²) in [5, 5.41) is 4.43. The molecule has 0 aliphatic rings. The molecule has 0 aliphatic carbocycles. The molecule has 0 bridgehead atoms. The van der Waals surface area contributed by atoms with Crippen LogP contribution in [0.5, 0.6) is 5.75 Å². The van der Waals surface area contributed by atoms with Crippen LogP contribution in [0.15, 0.2) is 28.7 Å². The van der Waals surface area contributed by atoms with E-state index in [0.717, 1.165) is 34.6 Å². The van der Waals surface area contributed by atoms with Crippen LogP contribution in [0.1, 0.15) is 30.8 Å². The van der Waals surface area contributed by atoms with Gasteiger partial charge >= 0.3 is 0 Å². The zero-order chi connectivity index (χ0) is 15.4. The van der Waals surface area contributed by atoms with Crippen molar-refractivity contribution in [2.75, 3.05) is 0 Å². The molecule has 0 radical (unpaired) electrons. The third-order valence-electron chi connectivity index (χ3n) is 3.23. The van der Waals surface area contributed by atoms with Crippen LogP contribution < -0.4 is 10.5 Å². The molecule has 1 unspecified atom stereocenters. The summed E-state index contributed by atoms with van der Waals surface area (Å²) in [7, 11) is 0. The van der Waals surface area contributed by atoms with E-state index >= 15 is 0 Å². The van der Waals surface area contributed by atoms with Gasteiger partial charge in [0.25, 0.3) is 0 Å². The monoisotopic (exact) mass is 351 g/mol. The van der Waals surface area contributed by atoms with Gasteiger partial charge in [-0.2, -0.15) is 5.10 Å². The van der Waals surface area contributed by atoms with Crippen molar-refractivity contribution < 1.29 is 4.74 Å². The van der Waals surface area contributed by atoms with Gasteiger partial charge in [-0.1, -0.05) is 15.9 Å². The van der Waals surface area contributed by atoms with Gasteiger partial charge in [0.05, 0.1) is 11.4 Å². The molecule has 0 fully saturated rings. The van der Waals surface area contributed by atoms with Crippen molar-refractivity contribution in [2.45, 2.75) is 46.4 Å². The number of hydrogen-bond acceptors (Lipinski definition) is 3. The Bertz CT molecular complexity index is 608. The molecular formula is C16H22BrN3O. The number of rotatable bonds is 6. The quantitative estimate of drug-likeness (QED) is 0.867. The molecule has 2 rings (SSSR count). The van der Waals surface area contributed by atoms with Crippen molar-refractivity contribution in [3.05, 3.63) is 45.7 Å². The highest BCUT2D eigenvalue weighted by Crippen LogP contribution is 2.24. The summed E-state index contributed by atoms with van der Waals surface area (Å²) in [6.07, 6.45) is 0.823. The lowest BCUT2D eigenvalue weighted by Gasteiger charge is -2.12. The standard InChI is InChI=1S/C16H22BrN3O/c1-4-20-14(8-12(3)19-20)10-21-15-5-6-16(17)13(9-15)7-11(2)18/h5-6,8-9,11H,4,7,10,18H2,1-3H3. The zero-order valence-corrected chi connectivity index (χ0v) is 14.4. The Morgan fingerprint density at radius 1 is 1.38 bits per heavy atom. The molecule has 1 heterocycles. The maximum absolute atomic E-state index is 5.90. The predicted molar refractivity (Wildman–Crippen MR) is 88.5 cm³/mol. The van der Waals surface area contributed by atoms with E-state index in [2.05, 4.69) is 34.0 Å². The normalized spacial score (nSPS) is 12.4. The number of ether oxygens (including phenoxy) is 1. The SMILES string of the molecule is CCn1nc(C)cc1COc1ccc(Br)c(CC(C)N)c1. The number of benzene rings is 1. The van der Waals surface area contributed by atoms with Crippen LogP contribution in [0.25, 0.3) is 0 Å². The van der Waals surface area contributed by atoms with E-state index in [4.69, 9.17) is 10.5 Å². The van der Waals surface area contributed by atoms with Crippen LogP contribution in [0.3, 0.4) is 0 Å². The Morgan fingerprint density at radius 3 is 2.81 bits per heavy atom. The van der Waals surface area contributed by atoms with E-state index in [0.29, 0.717) is 6.61 Å². The smallest absolute Gasteiger partial charge is 0.130 e. The van der Waals surface area contributed by atoms with E-state index < -0.39 is 0 Å². The van der Waals surface area contributed by atoms with Crippen molar-refractivity contribution >= 4 is 15.9 Å². The van der Waals surface area contributed by atoms with E-state index in [9.17, 15) is 0 Å². The van der Waals surface area contributed by atoms with Gasteiger partial charge in [-0.05, 0) is 57.0 Å². The molecular weight excluding hydrogens is 330 g/mol. The molecule has 0 saturated carbocycles. The summed E-state index contributed by atoms with van der Waals surface area (Å²) < 4.78 is 8.94. The van der Waals surface area contributed by atoms with Gasteiger partial charge in [0.2, 0.25) is 0 Å². The molecule has 0 saturated heterocycles. The third-order valence-corrected chi connectivity index (χ3v) is 4.00. The molecule has 1 aromatic heterocycles. The summed E-state index contributed by atoms with van der Waals surface area (Å²) in [4.78, 5) is 0. The molecule has 114 valence electrons. The molecule has 4 nitrogen and oxygen atoms in total. The van der Waals surface area contributed by atoms with Gasteiger partial charge in [-0.25, -0.2) is 0 Å². The summed E-state index contributed by atoms with van der Waals surface area (Å²) in [5.74, 6) is 0.857. The number of nitrogens with zero attached hydrogens (tertiary/aromatic N) is 2. The Hall–Kier alpha value is -1.33. The largest absolute Gasteiger partial charge is 0.487 e. The van der Waals surface area contributed by atoms with E-state index in [-0.39, 0.29) is 6.04 Å². The van der Waals surface area contributed by atoms with Crippen molar-refractivity contribution in [1.29, 1.82) is 0 Å². The van der Waals surface area contributed by atoms with Crippen molar-refractivity contribution in [3.8, 4) is 5.75 Å². The maximum Gasteiger partial charge on any atom is 0.130 e. The molecule has 5 heteroatoms.